The monoisotopic (exact) mass is 172 g/mol. The van der Waals surface area contributed by atoms with Crippen molar-refractivity contribution in [2.45, 2.75) is 20.4 Å². The molecule has 3 nitrogen and oxygen atoms in total. The first-order valence-electron chi connectivity index (χ1n) is 3.39. The zero-order chi connectivity index (χ0) is 8.43. The number of aryl methyl sites for hydroxylation is 1. The van der Waals surface area contributed by atoms with Gasteiger partial charge in [-0.15, -0.1) is 0 Å². The fourth-order valence-corrected chi connectivity index (χ4v) is 1.23. The summed E-state index contributed by atoms with van der Waals surface area (Å²) in [7, 11) is 0. The predicted molar refractivity (Wildman–Crippen MR) is 42.9 cm³/mol. The van der Waals surface area contributed by atoms with Crippen molar-refractivity contribution in [3.63, 3.8) is 0 Å². The molecule has 0 fully saturated rings. The highest BCUT2D eigenvalue weighted by Crippen LogP contribution is 2.14. The fourth-order valence-electron chi connectivity index (χ4n) is 0.952. The van der Waals surface area contributed by atoms with Gasteiger partial charge in [-0.25, -0.2) is 0 Å². The summed E-state index contributed by atoms with van der Waals surface area (Å²) in [5.41, 5.74) is 0.495. The number of rotatable bonds is 2. The van der Waals surface area contributed by atoms with Crippen LogP contribution < -0.4 is 0 Å². The van der Waals surface area contributed by atoms with Gasteiger partial charge < -0.3 is 0 Å². The number of hydrogen-bond donors (Lipinski definition) is 0. The lowest BCUT2D eigenvalue weighted by atomic mass is 10.3. The van der Waals surface area contributed by atoms with Crippen molar-refractivity contribution in [2.75, 3.05) is 0 Å². The molecule has 4 heteroatoms. The molecule has 0 aliphatic heterocycles. The zero-order valence-corrected chi connectivity index (χ0v) is 7.22. The number of nitrogens with zero attached hydrogens (tertiary/aromatic N) is 2. The Morgan fingerprint density at radius 1 is 1.82 bits per heavy atom. The topological polar surface area (TPSA) is 34.9 Å². The Bertz CT molecular complexity index is 280. The van der Waals surface area contributed by atoms with Crippen molar-refractivity contribution in [2.24, 2.45) is 0 Å². The van der Waals surface area contributed by atoms with Gasteiger partial charge in [0, 0.05) is 13.5 Å². The number of ketones is 1. The molecule has 0 spiro atoms. The molecule has 60 valence electrons. The summed E-state index contributed by atoms with van der Waals surface area (Å²) in [6.45, 7) is 4.06. The van der Waals surface area contributed by atoms with Crippen molar-refractivity contribution in [3.05, 3.63) is 16.9 Å². The van der Waals surface area contributed by atoms with E-state index in [1.807, 2.05) is 6.92 Å². The maximum Gasteiger partial charge on any atom is 0.179 e. The quantitative estimate of drug-likeness (QED) is 0.638. The van der Waals surface area contributed by atoms with Gasteiger partial charge in [0.05, 0.1) is 11.2 Å². The van der Waals surface area contributed by atoms with Crippen molar-refractivity contribution >= 4 is 17.4 Å². The average Bonchev–Trinajstić information content (AvgIpc) is 2.30. The SMILES string of the molecule is CCn1ncc(Cl)c1C(C)=O. The van der Waals surface area contributed by atoms with Crippen LogP contribution in [0.15, 0.2) is 6.20 Å². The van der Waals surface area contributed by atoms with Crippen LogP contribution in [-0.2, 0) is 6.54 Å². The molecule has 0 aliphatic rings. The minimum atomic E-state index is -0.0469. The van der Waals surface area contributed by atoms with Gasteiger partial charge in [-0.1, -0.05) is 11.6 Å². The lowest BCUT2D eigenvalue weighted by Gasteiger charge is -1.99. The molecule has 0 saturated carbocycles. The lowest BCUT2D eigenvalue weighted by Crippen LogP contribution is -2.06. The van der Waals surface area contributed by atoms with Crippen LogP contribution in [0.4, 0.5) is 0 Å². The van der Waals surface area contributed by atoms with Crippen LogP contribution in [0.5, 0.6) is 0 Å². The summed E-state index contributed by atoms with van der Waals surface area (Å²) in [4.78, 5) is 11.0. The predicted octanol–water partition coefficient (Wildman–Crippen LogP) is 1.76. The van der Waals surface area contributed by atoms with Crippen LogP contribution in [0, 0.1) is 0 Å². The largest absolute Gasteiger partial charge is 0.293 e. The van der Waals surface area contributed by atoms with E-state index >= 15 is 0 Å². The minimum absolute atomic E-state index is 0.0469. The first-order chi connectivity index (χ1) is 5.16. The van der Waals surface area contributed by atoms with Crippen LogP contribution in [0.25, 0.3) is 0 Å². The molecule has 0 N–H and O–H groups in total. The van der Waals surface area contributed by atoms with Gasteiger partial charge in [0.2, 0.25) is 0 Å². The summed E-state index contributed by atoms with van der Waals surface area (Å²) >= 11 is 5.71. The second-order valence-corrected chi connectivity index (χ2v) is 2.62. The Labute approximate surface area is 70.0 Å². The molecule has 1 heterocycles. The Morgan fingerprint density at radius 2 is 2.45 bits per heavy atom. The van der Waals surface area contributed by atoms with Crippen LogP contribution in [0.1, 0.15) is 24.3 Å². The first kappa shape index (κ1) is 8.27. The van der Waals surface area contributed by atoms with Gasteiger partial charge in [-0.05, 0) is 6.92 Å². The van der Waals surface area contributed by atoms with Crippen molar-refractivity contribution in [1.82, 2.24) is 9.78 Å². The van der Waals surface area contributed by atoms with Crippen LogP contribution in [0.2, 0.25) is 5.02 Å². The summed E-state index contributed by atoms with van der Waals surface area (Å²) in [6, 6.07) is 0. The van der Waals surface area contributed by atoms with Gasteiger partial charge in [0.1, 0.15) is 5.69 Å². The lowest BCUT2D eigenvalue weighted by molar-refractivity contribution is 0.100. The van der Waals surface area contributed by atoms with E-state index in [2.05, 4.69) is 5.10 Å². The molecule has 0 radical (unpaired) electrons. The van der Waals surface area contributed by atoms with E-state index in [1.165, 1.54) is 13.1 Å². The number of halogens is 1. The van der Waals surface area contributed by atoms with Gasteiger partial charge in [0.15, 0.2) is 5.78 Å². The average molecular weight is 173 g/mol. The van der Waals surface area contributed by atoms with Gasteiger partial charge >= 0.3 is 0 Å². The van der Waals surface area contributed by atoms with Crippen LogP contribution in [0.3, 0.4) is 0 Å². The summed E-state index contributed by atoms with van der Waals surface area (Å²) in [6.07, 6.45) is 1.49. The van der Waals surface area contributed by atoms with E-state index in [9.17, 15) is 4.79 Å². The Kier molecular flexibility index (Phi) is 2.29. The van der Waals surface area contributed by atoms with E-state index in [4.69, 9.17) is 11.6 Å². The summed E-state index contributed by atoms with van der Waals surface area (Å²) in [5.74, 6) is -0.0469. The molecule has 1 aromatic heterocycles. The highest BCUT2D eigenvalue weighted by molar-refractivity contribution is 6.33. The first-order valence-corrected chi connectivity index (χ1v) is 3.76. The molecule has 0 saturated heterocycles. The molecule has 0 unspecified atom stereocenters. The number of carbonyl (C=O) groups excluding carboxylic acids is 1. The highest BCUT2D eigenvalue weighted by Gasteiger charge is 2.11. The smallest absolute Gasteiger partial charge is 0.179 e. The Balaban J connectivity index is 3.17. The van der Waals surface area contributed by atoms with Gasteiger partial charge in [0.25, 0.3) is 0 Å². The molecule has 1 aromatic rings. The molecule has 0 amide bonds. The van der Waals surface area contributed by atoms with Crippen molar-refractivity contribution < 1.29 is 4.79 Å². The molecule has 11 heavy (non-hydrogen) atoms. The Morgan fingerprint density at radius 3 is 2.82 bits per heavy atom. The Hall–Kier alpha value is -0.830. The molecule has 0 bridgehead atoms. The number of aromatic nitrogens is 2. The molecular weight excluding hydrogens is 164 g/mol. The third-order valence-corrected chi connectivity index (χ3v) is 1.70. The van der Waals surface area contributed by atoms with Crippen molar-refractivity contribution in [3.8, 4) is 0 Å². The van der Waals surface area contributed by atoms with E-state index in [0.29, 0.717) is 17.3 Å². The second-order valence-electron chi connectivity index (χ2n) is 2.21. The van der Waals surface area contributed by atoms with E-state index in [1.54, 1.807) is 4.68 Å². The van der Waals surface area contributed by atoms with Crippen LogP contribution in [-0.4, -0.2) is 15.6 Å². The zero-order valence-electron chi connectivity index (χ0n) is 6.47. The normalized spacial score (nSPS) is 10.1. The number of Topliss-reactive ketones (excluding diaryl/α,β-unsaturated/α-hetero) is 1. The summed E-state index contributed by atoms with van der Waals surface area (Å²) in [5, 5.41) is 4.35. The second kappa shape index (κ2) is 3.05. The molecular formula is C7H9ClN2O. The molecule has 0 aliphatic carbocycles. The maximum absolute atomic E-state index is 11.0. The van der Waals surface area contributed by atoms with E-state index < -0.39 is 0 Å². The highest BCUT2D eigenvalue weighted by atomic mass is 35.5. The fraction of sp³-hybridized carbons (Fsp3) is 0.429. The van der Waals surface area contributed by atoms with E-state index in [0.717, 1.165) is 0 Å². The minimum Gasteiger partial charge on any atom is -0.293 e. The molecule has 1 rings (SSSR count). The molecule has 0 atom stereocenters. The number of hydrogen-bond acceptors (Lipinski definition) is 2. The van der Waals surface area contributed by atoms with E-state index in [-0.39, 0.29) is 5.78 Å². The summed E-state index contributed by atoms with van der Waals surface area (Å²) < 4.78 is 1.59. The van der Waals surface area contributed by atoms with Gasteiger partial charge in [-0.3, -0.25) is 9.48 Å². The third kappa shape index (κ3) is 1.43. The third-order valence-electron chi connectivity index (χ3n) is 1.43. The van der Waals surface area contributed by atoms with Crippen molar-refractivity contribution in [1.29, 1.82) is 0 Å². The number of carbonyl (C=O) groups is 1. The maximum atomic E-state index is 11.0. The van der Waals surface area contributed by atoms with Crippen LogP contribution >= 0.6 is 11.6 Å². The standard InChI is InChI=1S/C7H9ClN2O/c1-3-10-7(5(2)11)6(8)4-9-10/h4H,3H2,1-2H3. The van der Waals surface area contributed by atoms with Gasteiger partial charge in [-0.2, -0.15) is 5.10 Å². The molecule has 0 aromatic carbocycles.